The van der Waals surface area contributed by atoms with Gasteiger partial charge >= 0.3 is 11.9 Å². The number of benzene rings is 1. The number of rotatable bonds is 17. The summed E-state index contributed by atoms with van der Waals surface area (Å²) in [6, 6.07) is 6.14. The van der Waals surface area contributed by atoms with Crippen LogP contribution in [0.1, 0.15) is 69.1 Å². The van der Waals surface area contributed by atoms with Gasteiger partial charge in [0, 0.05) is 23.3 Å². The lowest BCUT2D eigenvalue weighted by atomic mass is 10.0. The number of ether oxygens (including phenoxy) is 1. The van der Waals surface area contributed by atoms with Gasteiger partial charge < -0.3 is 14.9 Å². The molecule has 168 valence electrons. The van der Waals surface area contributed by atoms with E-state index in [0.29, 0.717) is 43.6 Å². The number of hydrogen-bond acceptors (Lipinski definition) is 6. The highest BCUT2D eigenvalue weighted by atomic mass is 32.2. The zero-order chi connectivity index (χ0) is 22.4. The monoisotopic (exact) mass is 441 g/mol. The molecule has 1 rings (SSSR count). The molecule has 0 aliphatic heterocycles. The number of nitrogens with zero attached hydrogens (tertiary/aromatic N) is 1. The van der Waals surface area contributed by atoms with E-state index in [1.54, 1.807) is 24.3 Å². The van der Waals surface area contributed by atoms with Gasteiger partial charge in [0.15, 0.2) is 0 Å². The third-order valence-corrected chi connectivity index (χ3v) is 5.88. The molecule has 0 radical (unpaired) electrons. The van der Waals surface area contributed by atoms with Gasteiger partial charge in [0.1, 0.15) is 11.0 Å². The van der Waals surface area contributed by atoms with Crippen molar-refractivity contribution in [3.05, 3.63) is 39.9 Å². The number of carboxylic acid groups (broad SMARTS) is 2. The van der Waals surface area contributed by atoms with Crippen molar-refractivity contribution >= 4 is 23.7 Å². The van der Waals surface area contributed by atoms with Gasteiger partial charge in [0.25, 0.3) is 0 Å². The van der Waals surface area contributed by atoms with E-state index in [1.807, 2.05) is 0 Å². The van der Waals surface area contributed by atoms with Crippen molar-refractivity contribution in [2.24, 2.45) is 0 Å². The Bertz CT molecular complexity index is 683. The number of hydrogen-bond donors (Lipinski definition) is 2. The number of carbonyl (C=O) groups is 2. The highest BCUT2D eigenvalue weighted by Crippen LogP contribution is 2.35. The largest absolute Gasteiger partial charge is 0.493 e. The van der Waals surface area contributed by atoms with E-state index in [9.17, 15) is 24.8 Å². The molecular weight excluding hydrogens is 410 g/mol. The average Bonchev–Trinajstić information content (AvgIpc) is 2.69. The van der Waals surface area contributed by atoms with Crippen LogP contribution in [0, 0.1) is 10.1 Å². The molecule has 2 N–H and O–H groups in total. The molecule has 0 aromatic heterocycles. The molecule has 2 unspecified atom stereocenters. The van der Waals surface area contributed by atoms with E-state index >= 15 is 0 Å². The second-order valence-corrected chi connectivity index (χ2v) is 8.19. The van der Waals surface area contributed by atoms with Crippen molar-refractivity contribution < 1.29 is 29.5 Å². The van der Waals surface area contributed by atoms with E-state index in [4.69, 9.17) is 9.84 Å². The molecule has 1 aromatic carbocycles. The van der Waals surface area contributed by atoms with Gasteiger partial charge in [0.05, 0.1) is 12.4 Å². The van der Waals surface area contributed by atoms with Gasteiger partial charge in [-0.15, -0.1) is 11.8 Å². The van der Waals surface area contributed by atoms with Gasteiger partial charge in [0.2, 0.25) is 6.04 Å². The van der Waals surface area contributed by atoms with Crippen molar-refractivity contribution in [1.82, 2.24) is 0 Å². The fourth-order valence-electron chi connectivity index (χ4n) is 3.10. The molecule has 0 saturated carbocycles. The summed E-state index contributed by atoms with van der Waals surface area (Å²) in [5.41, 5.74) is 0.412. The molecule has 2 atom stereocenters. The van der Waals surface area contributed by atoms with Gasteiger partial charge in [-0.25, -0.2) is 0 Å². The van der Waals surface area contributed by atoms with Crippen LogP contribution in [-0.2, 0) is 9.59 Å². The molecule has 0 spiro atoms. The maximum absolute atomic E-state index is 11.6. The molecule has 0 fully saturated rings. The minimum atomic E-state index is -1.13. The summed E-state index contributed by atoms with van der Waals surface area (Å²) >= 11 is 0.813. The summed E-state index contributed by atoms with van der Waals surface area (Å²) in [5.74, 6) is -2.15. The normalized spacial score (nSPS) is 12.8. The van der Waals surface area contributed by atoms with Crippen molar-refractivity contribution in [1.29, 1.82) is 0 Å². The fourth-order valence-corrected chi connectivity index (χ4v) is 3.93. The van der Waals surface area contributed by atoms with Crippen LogP contribution in [0.2, 0.25) is 0 Å². The molecule has 0 bridgehead atoms. The number of unbranched alkanes of at least 4 members (excludes halogenated alkanes) is 4. The minimum Gasteiger partial charge on any atom is -0.493 e. The second-order valence-electron chi connectivity index (χ2n) is 7.09. The Morgan fingerprint density at radius 2 is 1.77 bits per heavy atom. The van der Waals surface area contributed by atoms with Crippen LogP contribution in [0.25, 0.3) is 0 Å². The van der Waals surface area contributed by atoms with Gasteiger partial charge in [-0.3, -0.25) is 19.7 Å². The van der Waals surface area contributed by atoms with Gasteiger partial charge in [-0.2, -0.15) is 0 Å². The lowest BCUT2D eigenvalue weighted by Crippen LogP contribution is -2.19. The fraction of sp³-hybridized carbons (Fsp3) is 0.619. The molecule has 0 amide bonds. The molecule has 8 nitrogen and oxygen atoms in total. The van der Waals surface area contributed by atoms with Crippen molar-refractivity contribution in [2.45, 2.75) is 69.6 Å². The molecular formula is C21H31NO7S. The van der Waals surface area contributed by atoms with E-state index in [-0.39, 0.29) is 10.7 Å². The Morgan fingerprint density at radius 1 is 1.10 bits per heavy atom. The molecule has 0 saturated heterocycles. The summed E-state index contributed by atoms with van der Waals surface area (Å²) in [4.78, 5) is 33.4. The maximum atomic E-state index is 11.6. The smallest absolute Gasteiger partial charge is 0.321 e. The topological polar surface area (TPSA) is 127 Å². The number of para-hydroxylation sites is 1. The van der Waals surface area contributed by atoms with Gasteiger partial charge in [-0.1, -0.05) is 44.4 Å². The maximum Gasteiger partial charge on any atom is 0.321 e. The van der Waals surface area contributed by atoms with Crippen LogP contribution in [-0.4, -0.2) is 45.5 Å². The quantitative estimate of drug-likeness (QED) is 0.201. The first-order chi connectivity index (χ1) is 14.4. The van der Waals surface area contributed by atoms with Crippen LogP contribution < -0.4 is 4.74 Å². The number of carboxylic acids is 2. The Labute approximate surface area is 181 Å². The summed E-state index contributed by atoms with van der Waals surface area (Å²) in [6.07, 6.45) is 6.44. The minimum absolute atomic E-state index is 0.195. The first kappa shape index (κ1) is 25.7. The predicted octanol–water partition coefficient (Wildman–Crippen LogP) is 4.79. The van der Waals surface area contributed by atoms with Gasteiger partial charge in [-0.05, 0) is 25.3 Å². The van der Waals surface area contributed by atoms with Crippen molar-refractivity contribution in [3.8, 4) is 5.75 Å². The molecule has 0 aliphatic rings. The third kappa shape index (κ3) is 9.96. The zero-order valence-electron chi connectivity index (χ0n) is 17.3. The SMILES string of the molecule is CCCCCCC(CCCCOc1ccccc1C(SCC(=O)O)C(=O)O)[N+](=O)[O-]. The predicted molar refractivity (Wildman–Crippen MR) is 116 cm³/mol. The molecule has 1 aromatic rings. The van der Waals surface area contributed by atoms with Crippen molar-refractivity contribution in [2.75, 3.05) is 12.4 Å². The Balaban J connectivity index is 2.53. The highest BCUT2D eigenvalue weighted by molar-refractivity contribution is 8.00. The average molecular weight is 442 g/mol. The van der Waals surface area contributed by atoms with Crippen LogP contribution in [0.3, 0.4) is 0 Å². The van der Waals surface area contributed by atoms with Crippen LogP contribution >= 0.6 is 11.8 Å². The standard InChI is InChI=1S/C21H31NO7S/c1-2-3-4-5-10-16(22(27)28)11-8-9-14-29-18-13-7-6-12-17(18)20(21(25)26)30-15-19(23)24/h6-7,12-13,16,20H,2-5,8-11,14-15H2,1H3,(H,23,24)(H,25,26). The number of nitro groups is 1. The summed E-state index contributed by atoms with van der Waals surface area (Å²) < 4.78 is 5.74. The van der Waals surface area contributed by atoms with E-state index in [2.05, 4.69) is 6.92 Å². The van der Waals surface area contributed by atoms with E-state index < -0.39 is 23.2 Å². The number of aliphatic carboxylic acids is 2. The van der Waals surface area contributed by atoms with Crippen LogP contribution in [0.15, 0.2) is 24.3 Å². The first-order valence-corrected chi connectivity index (χ1v) is 11.3. The lowest BCUT2D eigenvalue weighted by molar-refractivity contribution is -0.524. The zero-order valence-corrected chi connectivity index (χ0v) is 18.1. The third-order valence-electron chi connectivity index (χ3n) is 4.68. The lowest BCUT2D eigenvalue weighted by Gasteiger charge is -2.16. The Hall–Kier alpha value is -2.29. The Kier molecular flexibility index (Phi) is 12.6. The highest BCUT2D eigenvalue weighted by Gasteiger charge is 2.25. The number of thioether (sulfide) groups is 1. The summed E-state index contributed by atoms with van der Waals surface area (Å²) in [5, 5.41) is 28.5. The summed E-state index contributed by atoms with van der Waals surface area (Å²) in [6.45, 7) is 2.42. The molecule has 0 aliphatic carbocycles. The molecule has 9 heteroatoms. The van der Waals surface area contributed by atoms with Crippen LogP contribution in [0.4, 0.5) is 0 Å². The first-order valence-electron chi connectivity index (χ1n) is 10.3. The van der Waals surface area contributed by atoms with E-state index in [0.717, 1.165) is 37.4 Å². The van der Waals surface area contributed by atoms with E-state index in [1.165, 1.54) is 0 Å². The van der Waals surface area contributed by atoms with Crippen molar-refractivity contribution in [3.63, 3.8) is 0 Å². The second kappa shape index (κ2) is 14.7. The Morgan fingerprint density at radius 3 is 2.37 bits per heavy atom. The summed E-state index contributed by atoms with van der Waals surface area (Å²) in [7, 11) is 0. The molecule has 30 heavy (non-hydrogen) atoms. The molecule has 0 heterocycles. The van der Waals surface area contributed by atoms with Crippen LogP contribution in [0.5, 0.6) is 5.75 Å².